The molecule has 0 saturated carbocycles. The summed E-state index contributed by atoms with van der Waals surface area (Å²) in [5.41, 5.74) is 8.06. The fraction of sp³-hybridized carbons (Fsp3) is 0.278. The summed E-state index contributed by atoms with van der Waals surface area (Å²) in [5, 5.41) is 0. The molecule has 0 bridgehead atoms. The van der Waals surface area contributed by atoms with Gasteiger partial charge in [0.15, 0.2) is 0 Å². The van der Waals surface area contributed by atoms with Gasteiger partial charge in [-0.3, -0.25) is 4.79 Å². The number of carbonyl (C=O) groups excluding carboxylic acids is 1. The number of nitrogens with two attached hydrogens (primary N) is 1. The average Bonchev–Trinajstić information content (AvgIpc) is 2.90. The zero-order valence-corrected chi connectivity index (χ0v) is 12.3. The monoisotopic (exact) mass is 298 g/mol. The summed E-state index contributed by atoms with van der Waals surface area (Å²) in [6.07, 6.45) is 0.214. The average molecular weight is 298 g/mol. The number of likely N-dealkylation sites (tertiary alicyclic amines) is 1. The Labute approximate surface area is 129 Å². The maximum absolute atomic E-state index is 13.2. The second-order valence-electron chi connectivity index (χ2n) is 5.79. The van der Waals surface area contributed by atoms with E-state index in [0.717, 1.165) is 5.56 Å². The van der Waals surface area contributed by atoms with E-state index in [-0.39, 0.29) is 30.1 Å². The molecule has 1 fully saturated rings. The van der Waals surface area contributed by atoms with Gasteiger partial charge in [-0.2, -0.15) is 0 Å². The van der Waals surface area contributed by atoms with Crippen LogP contribution in [0, 0.1) is 5.82 Å². The fourth-order valence-electron chi connectivity index (χ4n) is 3.02. The lowest BCUT2D eigenvalue weighted by Gasteiger charge is -2.16. The van der Waals surface area contributed by atoms with Crippen molar-refractivity contribution in [2.75, 3.05) is 13.1 Å². The highest BCUT2D eigenvalue weighted by Crippen LogP contribution is 2.26. The molecular weight excluding hydrogens is 279 g/mol. The number of rotatable bonds is 3. The largest absolute Gasteiger partial charge is 0.340 e. The van der Waals surface area contributed by atoms with Crippen molar-refractivity contribution >= 4 is 5.91 Å². The number of nitrogens with zero attached hydrogens (tertiary/aromatic N) is 1. The van der Waals surface area contributed by atoms with E-state index in [1.807, 2.05) is 30.3 Å². The lowest BCUT2D eigenvalue weighted by molar-refractivity contribution is -0.129. The number of amides is 1. The molecule has 1 aliphatic rings. The van der Waals surface area contributed by atoms with Gasteiger partial charge in [-0.25, -0.2) is 4.39 Å². The van der Waals surface area contributed by atoms with Gasteiger partial charge in [0.05, 0.1) is 6.42 Å². The summed E-state index contributed by atoms with van der Waals surface area (Å²) >= 11 is 0. The molecule has 2 aromatic rings. The number of benzene rings is 2. The molecule has 2 aromatic carbocycles. The van der Waals surface area contributed by atoms with Crippen LogP contribution in [0.15, 0.2) is 54.6 Å². The molecule has 3 nitrogen and oxygen atoms in total. The van der Waals surface area contributed by atoms with Gasteiger partial charge in [0.25, 0.3) is 0 Å². The molecule has 0 spiro atoms. The van der Waals surface area contributed by atoms with Gasteiger partial charge < -0.3 is 10.6 Å². The van der Waals surface area contributed by atoms with Crippen LogP contribution >= 0.6 is 0 Å². The third-order valence-electron chi connectivity index (χ3n) is 4.19. The lowest BCUT2D eigenvalue weighted by atomic mass is 9.95. The van der Waals surface area contributed by atoms with E-state index in [4.69, 9.17) is 5.73 Å². The smallest absolute Gasteiger partial charge is 0.227 e. The first kappa shape index (κ1) is 14.7. The van der Waals surface area contributed by atoms with Crippen molar-refractivity contribution in [2.24, 2.45) is 5.73 Å². The fourth-order valence-corrected chi connectivity index (χ4v) is 3.02. The molecule has 0 aromatic heterocycles. The van der Waals surface area contributed by atoms with Gasteiger partial charge in [0.2, 0.25) is 5.91 Å². The van der Waals surface area contributed by atoms with Crippen LogP contribution < -0.4 is 5.73 Å². The van der Waals surface area contributed by atoms with Crippen LogP contribution in [-0.4, -0.2) is 29.9 Å². The summed E-state index contributed by atoms with van der Waals surface area (Å²) < 4.78 is 13.2. The van der Waals surface area contributed by atoms with Crippen molar-refractivity contribution in [3.63, 3.8) is 0 Å². The second-order valence-corrected chi connectivity index (χ2v) is 5.79. The van der Waals surface area contributed by atoms with Gasteiger partial charge in [0.1, 0.15) is 5.82 Å². The quantitative estimate of drug-likeness (QED) is 0.945. The molecule has 22 heavy (non-hydrogen) atoms. The van der Waals surface area contributed by atoms with E-state index >= 15 is 0 Å². The molecule has 4 heteroatoms. The van der Waals surface area contributed by atoms with Crippen molar-refractivity contribution in [2.45, 2.75) is 18.4 Å². The number of carbonyl (C=O) groups is 1. The summed E-state index contributed by atoms with van der Waals surface area (Å²) in [6, 6.07) is 16.2. The molecule has 3 rings (SSSR count). The Balaban J connectivity index is 1.67. The standard InChI is InChI=1S/C18H19FN2O/c19-15-8-4-5-13(9-15)10-18(22)21-11-16(17(20)12-21)14-6-2-1-3-7-14/h1-9,16-17H,10-12,20H2/t16-,17+/m0/s1. The van der Waals surface area contributed by atoms with E-state index in [0.29, 0.717) is 18.7 Å². The molecule has 2 N–H and O–H groups in total. The minimum Gasteiger partial charge on any atom is -0.340 e. The van der Waals surface area contributed by atoms with Gasteiger partial charge in [0, 0.05) is 25.0 Å². The molecule has 1 saturated heterocycles. The Morgan fingerprint density at radius 3 is 2.64 bits per heavy atom. The highest BCUT2D eigenvalue weighted by molar-refractivity contribution is 5.79. The van der Waals surface area contributed by atoms with E-state index < -0.39 is 0 Å². The Morgan fingerprint density at radius 2 is 1.91 bits per heavy atom. The Bertz CT molecular complexity index is 659. The predicted octanol–water partition coefficient (Wildman–Crippen LogP) is 2.32. The number of hydrogen-bond acceptors (Lipinski definition) is 2. The van der Waals surface area contributed by atoms with E-state index in [2.05, 4.69) is 0 Å². The molecule has 1 heterocycles. The lowest BCUT2D eigenvalue weighted by Crippen LogP contribution is -2.33. The maximum Gasteiger partial charge on any atom is 0.227 e. The van der Waals surface area contributed by atoms with Crippen molar-refractivity contribution in [1.82, 2.24) is 4.90 Å². The van der Waals surface area contributed by atoms with Crippen molar-refractivity contribution in [1.29, 1.82) is 0 Å². The van der Waals surface area contributed by atoms with Crippen molar-refractivity contribution in [3.05, 3.63) is 71.5 Å². The van der Waals surface area contributed by atoms with Crippen LogP contribution in [0.25, 0.3) is 0 Å². The van der Waals surface area contributed by atoms with Crippen molar-refractivity contribution in [3.8, 4) is 0 Å². The first-order chi connectivity index (χ1) is 10.6. The third-order valence-corrected chi connectivity index (χ3v) is 4.19. The first-order valence-corrected chi connectivity index (χ1v) is 7.46. The van der Waals surface area contributed by atoms with Crippen LogP contribution in [0.2, 0.25) is 0 Å². The van der Waals surface area contributed by atoms with E-state index in [1.165, 1.54) is 12.1 Å². The van der Waals surface area contributed by atoms with Gasteiger partial charge >= 0.3 is 0 Å². The molecule has 1 aliphatic heterocycles. The third kappa shape index (κ3) is 3.17. The Kier molecular flexibility index (Phi) is 4.20. The minimum absolute atomic E-state index is 0.000480. The minimum atomic E-state index is -0.314. The summed E-state index contributed by atoms with van der Waals surface area (Å²) in [6.45, 7) is 1.17. The molecule has 1 amide bonds. The van der Waals surface area contributed by atoms with Gasteiger partial charge in [-0.15, -0.1) is 0 Å². The zero-order valence-electron chi connectivity index (χ0n) is 12.3. The summed E-state index contributed by atoms with van der Waals surface area (Å²) in [4.78, 5) is 14.2. The number of halogens is 1. The molecule has 114 valence electrons. The first-order valence-electron chi connectivity index (χ1n) is 7.46. The highest BCUT2D eigenvalue weighted by Gasteiger charge is 2.33. The topological polar surface area (TPSA) is 46.3 Å². The summed E-state index contributed by atoms with van der Waals surface area (Å²) in [7, 11) is 0. The molecule has 2 atom stereocenters. The van der Waals surface area contributed by atoms with E-state index in [1.54, 1.807) is 17.0 Å². The van der Waals surface area contributed by atoms with Crippen LogP contribution in [0.3, 0.4) is 0 Å². The second kappa shape index (κ2) is 6.28. The Morgan fingerprint density at radius 1 is 1.14 bits per heavy atom. The van der Waals surface area contributed by atoms with Gasteiger partial charge in [-0.1, -0.05) is 42.5 Å². The molecule has 0 aliphatic carbocycles. The van der Waals surface area contributed by atoms with Crippen LogP contribution in [0.4, 0.5) is 4.39 Å². The SMILES string of the molecule is N[C@@H]1CN(C(=O)Cc2cccc(F)c2)C[C@H]1c1ccccc1. The van der Waals surface area contributed by atoms with Crippen LogP contribution in [0.1, 0.15) is 17.0 Å². The maximum atomic E-state index is 13.2. The normalized spacial score (nSPS) is 21.1. The molecule has 0 unspecified atom stereocenters. The van der Waals surface area contributed by atoms with E-state index in [9.17, 15) is 9.18 Å². The molecular formula is C18H19FN2O. The predicted molar refractivity (Wildman–Crippen MR) is 83.8 cm³/mol. The molecule has 0 radical (unpaired) electrons. The van der Waals surface area contributed by atoms with Crippen molar-refractivity contribution < 1.29 is 9.18 Å². The summed E-state index contributed by atoms with van der Waals surface area (Å²) in [5.74, 6) is -0.150. The van der Waals surface area contributed by atoms with Gasteiger partial charge in [-0.05, 0) is 23.3 Å². The van der Waals surface area contributed by atoms with Crippen LogP contribution in [0.5, 0.6) is 0 Å². The Hall–Kier alpha value is -2.20. The van der Waals surface area contributed by atoms with Crippen LogP contribution in [-0.2, 0) is 11.2 Å². The highest BCUT2D eigenvalue weighted by atomic mass is 19.1. The number of hydrogen-bond donors (Lipinski definition) is 1. The zero-order chi connectivity index (χ0) is 15.5.